The molecule has 0 bridgehead atoms. The summed E-state index contributed by atoms with van der Waals surface area (Å²) in [5, 5.41) is 53.8. The quantitative estimate of drug-likeness (QED) is 0.0117. The predicted molar refractivity (Wildman–Crippen MR) is 526 cm³/mol. The lowest BCUT2D eigenvalue weighted by Crippen LogP contribution is -2.30. The Kier molecular flexibility index (Phi) is 49.0. The number of hydrogen-bond acceptors (Lipinski definition) is 30. The summed E-state index contributed by atoms with van der Waals surface area (Å²) in [6, 6.07) is 54.3. The van der Waals surface area contributed by atoms with E-state index in [9.17, 15) is 58.2 Å². The van der Waals surface area contributed by atoms with Crippen molar-refractivity contribution in [3.05, 3.63) is 216 Å². The Hall–Kier alpha value is -12.6. The molecule has 8 aromatic carbocycles. The highest BCUT2D eigenvalue weighted by Gasteiger charge is 2.37. The number of aliphatic hydroxyl groups excluding tert-OH is 6. The zero-order chi connectivity index (χ0) is 100. The molecule has 4 saturated carbocycles. The molecule has 4 fully saturated rings. The van der Waals surface area contributed by atoms with Crippen molar-refractivity contribution in [2.45, 2.75) is 219 Å². The van der Waals surface area contributed by atoms with Gasteiger partial charge in [0.05, 0.1) is 99.1 Å². The Morgan fingerprint density at radius 3 is 0.629 bits per heavy atom. The summed E-state index contributed by atoms with van der Waals surface area (Å²) in [4.78, 5) is 123. The maximum atomic E-state index is 12.8. The molecule has 140 heavy (non-hydrogen) atoms. The lowest BCUT2D eigenvalue weighted by molar-refractivity contribution is -0.145. The average Bonchev–Trinajstić information content (AvgIpc) is 0.852. The summed E-state index contributed by atoms with van der Waals surface area (Å²) in [5.41, 5.74) is 3.32. The normalized spacial score (nSPS) is 17.9. The van der Waals surface area contributed by atoms with Gasteiger partial charge in [-0.3, -0.25) is 38.4 Å². The Morgan fingerprint density at radius 1 is 0.257 bits per heavy atom. The number of benzene rings is 8. The molecular formula is C110H144O30. The standard InChI is InChI=1S/C36H52O4.C26H32O10.C24H24O8.C24H28O8.4H2/c1-3-5-7-9-11-13-15-29-17-25-33(26-18-29)39-35(37)31-21-23-32(24-22-31)36(38)40-34-27-19-30(20-28-34)16-14-12-10-8-6-4-2;27-13-19(29)15-33-21-5-9-23(10-6-21)35-25(31)17-1-2-18(4-3-17)26(32)36-24-11-7-22(8-12-24)34-16-20(30)14-28;1-29-21(25)15-7-11-19(12-8-15)31-23(27)17-3-5-18(6-4-17)24(28)32-20-13-9-16(10-14-20)22(26)30-2;25-13-15-29-19-5-9-21(10-6-19)31-23(27)17-1-2-18(4-3-17)24(28)32-22-11-7-20(8-12-22)30-16-14-26;;;;/h17-20,25-28,31-32H,3-16,21-24H2,1-2H3;5-12,17-20,27-30H,1-4,13-16H2;7-14,17-18H,3-6H2,1-2H3;5-12,17-18,25-26H,1-4,13-16H2;4*1H. The van der Waals surface area contributed by atoms with Gasteiger partial charge in [-0.25, -0.2) is 9.59 Å². The van der Waals surface area contributed by atoms with Crippen LogP contribution in [0.3, 0.4) is 0 Å². The van der Waals surface area contributed by atoms with Gasteiger partial charge in [-0.1, -0.05) is 102 Å². The van der Waals surface area contributed by atoms with Crippen molar-refractivity contribution in [3.63, 3.8) is 0 Å². The van der Waals surface area contributed by atoms with Crippen molar-refractivity contribution < 1.29 is 151 Å². The van der Waals surface area contributed by atoms with E-state index in [2.05, 4.69) is 47.6 Å². The lowest BCUT2D eigenvalue weighted by atomic mass is 9.82. The maximum absolute atomic E-state index is 12.8. The summed E-state index contributed by atoms with van der Waals surface area (Å²) in [6.45, 7) is 3.88. The van der Waals surface area contributed by atoms with Crippen molar-refractivity contribution in [2.24, 2.45) is 47.3 Å². The predicted octanol–water partition coefficient (Wildman–Crippen LogP) is 18.6. The summed E-state index contributed by atoms with van der Waals surface area (Å²) < 4.78 is 74.5. The molecule has 4 aliphatic carbocycles. The molecule has 4 aliphatic rings. The molecule has 0 radical (unpaired) electrons. The molecule has 0 aliphatic heterocycles. The number of unbranched alkanes of at least 4 members (excludes halogenated alkanes) is 10. The SMILES string of the molecule is CCCCCCCCc1ccc(OC(=O)C2CCC(C(=O)Oc3ccc(CCCCCCCC)cc3)CC2)cc1.COC(=O)c1ccc(OC(=O)C2CCC(C(=O)Oc3ccc(C(=O)OC)cc3)CC2)cc1.O=C(Oc1ccc(OCC(O)CO)cc1)C1CCC(C(=O)Oc2ccc(OCC(O)CO)cc2)CC1.O=C(Oc1ccc(OCCO)cc1)C1CCC(C(=O)Oc2ccc(OCCO)cc2)CC1.[HH].[HH].[HH].[HH]. The van der Waals surface area contributed by atoms with Crippen LogP contribution in [0, 0.1) is 47.3 Å². The molecule has 8 aromatic rings. The second-order valence-electron chi connectivity index (χ2n) is 35.2. The highest BCUT2D eigenvalue weighted by molar-refractivity contribution is 5.90. The van der Waals surface area contributed by atoms with Crippen molar-refractivity contribution in [1.82, 2.24) is 0 Å². The number of hydrogen-bond donors (Lipinski definition) is 6. The van der Waals surface area contributed by atoms with E-state index in [0.717, 1.165) is 12.8 Å². The molecule has 2 unspecified atom stereocenters. The smallest absolute Gasteiger partial charge is 0.337 e. The molecule has 30 nitrogen and oxygen atoms in total. The van der Waals surface area contributed by atoms with Crippen LogP contribution in [0.15, 0.2) is 194 Å². The van der Waals surface area contributed by atoms with Crippen LogP contribution in [0.25, 0.3) is 0 Å². The van der Waals surface area contributed by atoms with Gasteiger partial charge in [0.1, 0.15) is 108 Å². The van der Waals surface area contributed by atoms with Crippen molar-refractivity contribution in [3.8, 4) is 69.0 Å². The molecule has 0 aromatic heterocycles. The number of esters is 10. The molecule has 764 valence electrons. The van der Waals surface area contributed by atoms with Crippen LogP contribution >= 0.6 is 0 Å². The number of aliphatic hydroxyl groups is 6. The lowest BCUT2D eigenvalue weighted by Gasteiger charge is -2.25. The Labute approximate surface area is 824 Å². The highest BCUT2D eigenvalue weighted by Crippen LogP contribution is 2.38. The third kappa shape index (κ3) is 39.6. The van der Waals surface area contributed by atoms with E-state index in [-0.39, 0.29) is 140 Å². The first-order valence-electron chi connectivity index (χ1n) is 49.0. The van der Waals surface area contributed by atoms with Gasteiger partial charge in [-0.05, 0) is 309 Å². The topological polar surface area (TPSA) is 421 Å². The second-order valence-corrected chi connectivity index (χ2v) is 35.2. The summed E-state index contributed by atoms with van der Waals surface area (Å²) >= 11 is 0. The fourth-order valence-corrected chi connectivity index (χ4v) is 16.3. The number of rotatable bonds is 46. The van der Waals surface area contributed by atoms with Crippen molar-refractivity contribution >= 4 is 59.7 Å². The first-order valence-corrected chi connectivity index (χ1v) is 49.0. The molecule has 30 heteroatoms. The van der Waals surface area contributed by atoms with Crippen LogP contribution < -0.4 is 56.8 Å². The van der Waals surface area contributed by atoms with Crippen LogP contribution in [0.1, 0.15) is 231 Å². The number of methoxy groups -OCH3 is 2. The third-order valence-electron chi connectivity index (χ3n) is 24.7. The fourth-order valence-electron chi connectivity index (χ4n) is 16.3. The van der Waals surface area contributed by atoms with Crippen LogP contribution in [-0.4, -0.2) is 170 Å². The van der Waals surface area contributed by atoms with E-state index in [4.69, 9.17) is 77.3 Å². The van der Waals surface area contributed by atoms with Gasteiger partial charge in [0.2, 0.25) is 0 Å². The van der Waals surface area contributed by atoms with Gasteiger partial charge in [0, 0.05) is 5.71 Å². The zero-order valence-electron chi connectivity index (χ0n) is 80.6. The largest absolute Gasteiger partial charge is 0.491 e. The van der Waals surface area contributed by atoms with Crippen LogP contribution in [0.4, 0.5) is 0 Å². The van der Waals surface area contributed by atoms with Gasteiger partial charge in [0.25, 0.3) is 0 Å². The van der Waals surface area contributed by atoms with Crippen LogP contribution in [-0.2, 0) is 60.7 Å². The fraction of sp³-hybridized carbons (Fsp3) is 0.473. The van der Waals surface area contributed by atoms with Crippen LogP contribution in [0.5, 0.6) is 69.0 Å². The Balaban J connectivity index is 0.000000336. The van der Waals surface area contributed by atoms with Crippen molar-refractivity contribution in [2.75, 3.05) is 67.1 Å². The number of aryl methyl sites for hydroxylation is 2. The number of carbonyl (C=O) groups excluding carboxylic acids is 10. The highest BCUT2D eigenvalue weighted by atomic mass is 16.6. The molecule has 2 atom stereocenters. The van der Waals surface area contributed by atoms with Gasteiger partial charge >= 0.3 is 59.7 Å². The maximum Gasteiger partial charge on any atom is 0.337 e. The first kappa shape index (κ1) is 111. The third-order valence-corrected chi connectivity index (χ3v) is 24.7. The molecule has 12 rings (SSSR count). The van der Waals surface area contributed by atoms with E-state index < -0.39 is 37.4 Å². The summed E-state index contributed by atoms with van der Waals surface area (Å²) in [6.07, 6.45) is 24.7. The Bertz CT molecular complexity index is 4720. The number of carbonyl (C=O) groups is 10. The molecule has 0 spiro atoms. The zero-order valence-corrected chi connectivity index (χ0v) is 80.6. The minimum Gasteiger partial charge on any atom is -0.491 e. The van der Waals surface area contributed by atoms with Gasteiger partial charge in [-0.15, -0.1) is 0 Å². The average molecular weight is 1950 g/mol. The summed E-state index contributed by atoms with van der Waals surface area (Å²) in [7, 11) is 2.59. The molecule has 0 saturated heterocycles. The van der Waals surface area contributed by atoms with Gasteiger partial charge < -0.3 is 97.0 Å². The minimum atomic E-state index is -0.964. The van der Waals surface area contributed by atoms with E-state index in [1.165, 1.54) is 127 Å². The first-order chi connectivity index (χ1) is 67.9. The van der Waals surface area contributed by atoms with E-state index >= 15 is 0 Å². The van der Waals surface area contributed by atoms with E-state index in [1.807, 2.05) is 24.3 Å². The van der Waals surface area contributed by atoms with Crippen molar-refractivity contribution in [1.29, 1.82) is 0 Å². The minimum absolute atomic E-state index is 0. The molecular weight excluding hydrogens is 1800 g/mol. The van der Waals surface area contributed by atoms with Gasteiger partial charge in [0.15, 0.2) is 0 Å². The molecule has 0 amide bonds. The van der Waals surface area contributed by atoms with Crippen LogP contribution in [0.2, 0.25) is 0 Å². The monoisotopic (exact) mass is 1940 g/mol. The second kappa shape index (κ2) is 61.8. The number of ether oxygens (including phenoxy) is 14. The van der Waals surface area contributed by atoms with E-state index in [0.29, 0.717) is 183 Å². The van der Waals surface area contributed by atoms with Gasteiger partial charge in [-0.2, -0.15) is 0 Å². The van der Waals surface area contributed by atoms with E-state index in [1.54, 1.807) is 121 Å². The molecule has 0 heterocycles. The summed E-state index contributed by atoms with van der Waals surface area (Å²) in [5.74, 6) is 0.237. The molecule has 6 N–H and O–H groups in total. The Morgan fingerprint density at radius 2 is 0.436 bits per heavy atom.